The summed E-state index contributed by atoms with van der Waals surface area (Å²) < 4.78 is 15.4. The third-order valence-corrected chi connectivity index (χ3v) is 4.58. The van der Waals surface area contributed by atoms with Crippen LogP contribution in [0.15, 0.2) is 59.2 Å². The Morgan fingerprint density at radius 3 is 2.71 bits per heavy atom. The molecule has 0 radical (unpaired) electrons. The topological polar surface area (TPSA) is 69.4 Å². The second kappa shape index (κ2) is 5.97. The predicted molar refractivity (Wildman–Crippen MR) is 87.9 cm³/mol. The Labute approximate surface area is 140 Å². The number of hydrogen-bond donors (Lipinski definition) is 0. The van der Waals surface area contributed by atoms with Crippen LogP contribution in [-0.4, -0.2) is 29.7 Å². The van der Waals surface area contributed by atoms with E-state index in [1.807, 2.05) is 23.7 Å². The van der Waals surface area contributed by atoms with Gasteiger partial charge in [0.25, 0.3) is 0 Å². The molecule has 0 N–H and O–H groups in total. The third-order valence-electron chi connectivity index (χ3n) is 3.52. The van der Waals surface area contributed by atoms with Crippen molar-refractivity contribution in [2.24, 2.45) is 7.05 Å². The van der Waals surface area contributed by atoms with Gasteiger partial charge >= 0.3 is 0 Å². The molecule has 0 unspecified atom stereocenters. The molecule has 0 amide bonds. The first-order valence-electron chi connectivity index (χ1n) is 7.10. The van der Waals surface area contributed by atoms with Crippen molar-refractivity contribution in [3.8, 4) is 11.4 Å². The Balaban J connectivity index is 1.75. The van der Waals surface area contributed by atoms with Crippen LogP contribution in [0.1, 0.15) is 0 Å². The summed E-state index contributed by atoms with van der Waals surface area (Å²) in [5.41, 5.74) is 1.61. The molecule has 4 aromatic rings. The van der Waals surface area contributed by atoms with Crippen molar-refractivity contribution in [1.29, 1.82) is 0 Å². The van der Waals surface area contributed by atoms with Crippen LogP contribution < -0.4 is 0 Å². The number of fused-ring (bicyclic) bond motifs is 1. The van der Waals surface area contributed by atoms with Crippen molar-refractivity contribution in [2.75, 3.05) is 0 Å². The Morgan fingerprint density at radius 1 is 1.04 bits per heavy atom. The zero-order valence-corrected chi connectivity index (χ0v) is 13.4. The lowest BCUT2D eigenvalue weighted by molar-refractivity contribution is 0.629. The van der Waals surface area contributed by atoms with Crippen molar-refractivity contribution in [3.05, 3.63) is 54.9 Å². The minimum atomic E-state index is -0.324. The number of pyridine rings is 1. The van der Waals surface area contributed by atoms with E-state index in [2.05, 4.69) is 25.1 Å². The quantitative estimate of drug-likeness (QED) is 0.535. The number of hydrogen-bond acceptors (Lipinski definition) is 6. The third kappa shape index (κ3) is 2.61. The fraction of sp³-hybridized carbons (Fsp3) is 0.0625. The molecule has 0 fully saturated rings. The van der Waals surface area contributed by atoms with Crippen LogP contribution in [0.2, 0.25) is 0 Å². The molecular formula is C16H11FN6S. The van der Waals surface area contributed by atoms with Crippen LogP contribution in [0.3, 0.4) is 0 Å². The first-order chi connectivity index (χ1) is 11.7. The average Bonchev–Trinajstić information content (AvgIpc) is 2.97. The molecule has 8 heteroatoms. The molecule has 4 rings (SSSR count). The van der Waals surface area contributed by atoms with Gasteiger partial charge in [-0.1, -0.05) is 0 Å². The lowest BCUT2D eigenvalue weighted by Gasteiger charge is -2.05. The van der Waals surface area contributed by atoms with Gasteiger partial charge in [-0.3, -0.25) is 4.98 Å². The van der Waals surface area contributed by atoms with E-state index in [4.69, 9.17) is 0 Å². The smallest absolute Gasteiger partial charge is 0.197 e. The van der Waals surface area contributed by atoms with Crippen LogP contribution in [0.25, 0.3) is 22.3 Å². The summed E-state index contributed by atoms with van der Waals surface area (Å²) in [6.07, 6.45) is 4.87. The summed E-state index contributed by atoms with van der Waals surface area (Å²) >= 11 is 1.32. The Bertz CT molecular complexity index is 1020. The molecule has 3 aromatic heterocycles. The lowest BCUT2D eigenvalue weighted by atomic mass is 10.2. The maximum atomic E-state index is 13.6. The Morgan fingerprint density at radius 2 is 1.88 bits per heavy atom. The Hall–Kier alpha value is -2.87. The van der Waals surface area contributed by atoms with Gasteiger partial charge in [-0.25, -0.2) is 14.4 Å². The van der Waals surface area contributed by atoms with Gasteiger partial charge in [0.05, 0.1) is 5.52 Å². The molecule has 3 heterocycles. The average molecular weight is 338 g/mol. The maximum absolute atomic E-state index is 13.6. The van der Waals surface area contributed by atoms with Crippen LogP contribution in [0, 0.1) is 5.82 Å². The summed E-state index contributed by atoms with van der Waals surface area (Å²) in [6, 6.07) is 8.18. The highest BCUT2D eigenvalue weighted by molar-refractivity contribution is 7.99. The van der Waals surface area contributed by atoms with Crippen molar-refractivity contribution < 1.29 is 4.39 Å². The van der Waals surface area contributed by atoms with E-state index in [1.54, 1.807) is 18.5 Å². The van der Waals surface area contributed by atoms with Gasteiger partial charge in [-0.2, -0.15) is 0 Å². The monoisotopic (exact) mass is 338 g/mol. The lowest BCUT2D eigenvalue weighted by Crippen LogP contribution is -1.96. The first kappa shape index (κ1) is 14.7. The fourth-order valence-electron chi connectivity index (χ4n) is 2.33. The number of aromatic nitrogens is 6. The molecule has 0 atom stereocenters. The Kier molecular flexibility index (Phi) is 3.66. The van der Waals surface area contributed by atoms with Gasteiger partial charge in [0.1, 0.15) is 17.2 Å². The zero-order chi connectivity index (χ0) is 16.5. The van der Waals surface area contributed by atoms with Gasteiger partial charge < -0.3 is 4.57 Å². The first-order valence-corrected chi connectivity index (χ1v) is 7.92. The maximum Gasteiger partial charge on any atom is 0.197 e. The molecule has 0 aliphatic carbocycles. The highest BCUT2D eigenvalue weighted by Gasteiger charge is 2.14. The van der Waals surface area contributed by atoms with E-state index in [0.717, 1.165) is 11.4 Å². The second-order valence-corrected chi connectivity index (χ2v) is 6.00. The summed E-state index contributed by atoms with van der Waals surface area (Å²) in [7, 11) is 1.88. The summed E-state index contributed by atoms with van der Waals surface area (Å²) in [4.78, 5) is 12.4. The zero-order valence-electron chi connectivity index (χ0n) is 12.6. The molecule has 0 aliphatic rings. The van der Waals surface area contributed by atoms with Crippen LogP contribution in [-0.2, 0) is 7.05 Å². The number of halogens is 1. The number of nitrogens with zero attached hydrogens (tertiary/aromatic N) is 6. The van der Waals surface area contributed by atoms with Crippen molar-refractivity contribution in [1.82, 2.24) is 29.7 Å². The van der Waals surface area contributed by atoms with E-state index in [0.29, 0.717) is 21.1 Å². The molecule has 0 saturated heterocycles. The normalized spacial score (nSPS) is 11.1. The molecule has 118 valence electrons. The van der Waals surface area contributed by atoms with Gasteiger partial charge in [-0.15, -0.1) is 10.2 Å². The van der Waals surface area contributed by atoms with Crippen molar-refractivity contribution >= 4 is 22.7 Å². The van der Waals surface area contributed by atoms with E-state index >= 15 is 0 Å². The van der Waals surface area contributed by atoms with Crippen molar-refractivity contribution in [2.45, 2.75) is 10.2 Å². The standard InChI is InChI=1S/C16H11FN6S/c1-23-14(10-4-6-18-7-5-10)21-22-16(23)24-15-12-8-11(17)2-3-13(12)19-9-20-15/h2-9H,1H3. The van der Waals surface area contributed by atoms with Crippen LogP contribution >= 0.6 is 11.8 Å². The summed E-state index contributed by atoms with van der Waals surface area (Å²) in [6.45, 7) is 0. The molecular weight excluding hydrogens is 327 g/mol. The molecule has 0 saturated carbocycles. The van der Waals surface area contributed by atoms with Gasteiger partial charge in [0.15, 0.2) is 11.0 Å². The second-order valence-electron chi connectivity index (χ2n) is 5.04. The number of benzene rings is 1. The van der Waals surface area contributed by atoms with E-state index in [-0.39, 0.29) is 5.82 Å². The molecule has 0 aliphatic heterocycles. The fourth-order valence-corrected chi connectivity index (χ4v) is 3.18. The SMILES string of the molecule is Cn1c(Sc2ncnc3ccc(F)cc23)nnc1-c1ccncc1. The molecule has 24 heavy (non-hydrogen) atoms. The highest BCUT2D eigenvalue weighted by atomic mass is 32.2. The number of rotatable bonds is 3. The minimum Gasteiger partial charge on any atom is -0.305 e. The minimum absolute atomic E-state index is 0.324. The summed E-state index contributed by atoms with van der Waals surface area (Å²) in [5.74, 6) is 0.402. The molecule has 0 bridgehead atoms. The van der Waals surface area contributed by atoms with E-state index < -0.39 is 0 Å². The molecule has 1 aromatic carbocycles. The van der Waals surface area contributed by atoms with Crippen LogP contribution in [0.4, 0.5) is 4.39 Å². The highest BCUT2D eigenvalue weighted by Crippen LogP contribution is 2.31. The van der Waals surface area contributed by atoms with Gasteiger partial charge in [-0.05, 0) is 42.1 Å². The van der Waals surface area contributed by atoms with Crippen molar-refractivity contribution in [3.63, 3.8) is 0 Å². The van der Waals surface area contributed by atoms with Crippen LogP contribution in [0.5, 0.6) is 0 Å². The summed E-state index contributed by atoms with van der Waals surface area (Å²) in [5, 5.41) is 10.4. The van der Waals surface area contributed by atoms with E-state index in [1.165, 1.54) is 30.2 Å². The molecule has 6 nitrogen and oxygen atoms in total. The van der Waals surface area contributed by atoms with E-state index in [9.17, 15) is 4.39 Å². The van der Waals surface area contributed by atoms with Gasteiger partial charge in [0, 0.05) is 30.4 Å². The van der Waals surface area contributed by atoms with Gasteiger partial charge in [0.2, 0.25) is 0 Å². The predicted octanol–water partition coefficient (Wildman–Crippen LogP) is 3.11. The largest absolute Gasteiger partial charge is 0.305 e. The molecule has 0 spiro atoms.